The summed E-state index contributed by atoms with van der Waals surface area (Å²) in [4.78, 5) is 1.16. The Hall–Kier alpha value is -0.460. The van der Waals surface area contributed by atoms with Crippen LogP contribution < -0.4 is 0 Å². The van der Waals surface area contributed by atoms with E-state index in [0.717, 1.165) is 35.1 Å². The number of nitrogens with zero attached hydrogens (tertiary/aromatic N) is 1. The Morgan fingerprint density at radius 3 is 2.29 bits per heavy atom. The minimum absolute atomic E-state index is 0.270. The second kappa shape index (κ2) is 7.08. The van der Waals surface area contributed by atoms with Gasteiger partial charge in [-0.05, 0) is 40.9 Å². The van der Waals surface area contributed by atoms with E-state index in [4.69, 9.17) is 0 Å². The van der Waals surface area contributed by atoms with Crippen molar-refractivity contribution in [2.45, 2.75) is 49.2 Å². The molecule has 0 aliphatic heterocycles. The Labute approximate surface area is 117 Å². The normalized spacial score (nSPS) is 11.2. The maximum Gasteiger partial charge on any atom is 0.107 e. The SMILES string of the molecule is CCCC(C#N)(CCC)Sc1ccccc1Br. The molecule has 0 aliphatic carbocycles. The third-order valence-electron chi connectivity index (χ3n) is 2.65. The molecule has 1 aromatic carbocycles. The highest BCUT2D eigenvalue weighted by Crippen LogP contribution is 2.42. The largest absolute Gasteiger partial charge is 0.197 e. The number of nitriles is 1. The van der Waals surface area contributed by atoms with Crippen LogP contribution in [0.4, 0.5) is 0 Å². The van der Waals surface area contributed by atoms with E-state index in [9.17, 15) is 5.26 Å². The molecule has 92 valence electrons. The van der Waals surface area contributed by atoms with Gasteiger partial charge in [-0.25, -0.2) is 0 Å². The van der Waals surface area contributed by atoms with Gasteiger partial charge in [0.25, 0.3) is 0 Å². The number of hydrogen-bond acceptors (Lipinski definition) is 2. The first-order valence-electron chi connectivity index (χ1n) is 6.02. The van der Waals surface area contributed by atoms with Crippen molar-refractivity contribution < 1.29 is 0 Å². The van der Waals surface area contributed by atoms with Gasteiger partial charge >= 0.3 is 0 Å². The molecule has 0 aromatic heterocycles. The lowest BCUT2D eigenvalue weighted by Crippen LogP contribution is -2.21. The zero-order valence-corrected chi connectivity index (χ0v) is 12.8. The quantitative estimate of drug-likeness (QED) is 0.656. The highest BCUT2D eigenvalue weighted by atomic mass is 79.9. The molecule has 1 rings (SSSR count). The van der Waals surface area contributed by atoms with Crippen LogP contribution in [-0.4, -0.2) is 4.75 Å². The van der Waals surface area contributed by atoms with Crippen molar-refractivity contribution in [1.82, 2.24) is 0 Å². The molecule has 3 heteroatoms. The minimum atomic E-state index is -0.270. The predicted molar refractivity (Wildman–Crippen MR) is 78.2 cm³/mol. The van der Waals surface area contributed by atoms with Crippen LogP contribution in [0, 0.1) is 11.3 Å². The van der Waals surface area contributed by atoms with E-state index in [0.29, 0.717) is 0 Å². The molecule has 0 N–H and O–H groups in total. The predicted octanol–water partition coefficient (Wildman–Crippen LogP) is 5.40. The van der Waals surface area contributed by atoms with Crippen molar-refractivity contribution in [3.8, 4) is 6.07 Å². The fourth-order valence-electron chi connectivity index (χ4n) is 1.91. The zero-order valence-electron chi connectivity index (χ0n) is 10.4. The summed E-state index contributed by atoms with van der Waals surface area (Å²) in [7, 11) is 0. The molecule has 1 nitrogen and oxygen atoms in total. The van der Waals surface area contributed by atoms with E-state index < -0.39 is 0 Å². The Morgan fingerprint density at radius 1 is 1.24 bits per heavy atom. The van der Waals surface area contributed by atoms with Crippen LogP contribution in [-0.2, 0) is 0 Å². The third kappa shape index (κ3) is 4.04. The number of hydrogen-bond donors (Lipinski definition) is 0. The highest BCUT2D eigenvalue weighted by Gasteiger charge is 2.30. The minimum Gasteiger partial charge on any atom is -0.197 e. The molecular formula is C14H18BrNS. The average Bonchev–Trinajstić information content (AvgIpc) is 2.33. The molecule has 0 saturated heterocycles. The van der Waals surface area contributed by atoms with Crippen molar-refractivity contribution in [2.24, 2.45) is 0 Å². The lowest BCUT2D eigenvalue weighted by Gasteiger charge is -2.25. The number of halogens is 1. The van der Waals surface area contributed by atoms with Gasteiger partial charge in [0.2, 0.25) is 0 Å². The fraction of sp³-hybridized carbons (Fsp3) is 0.500. The first kappa shape index (κ1) is 14.6. The Balaban J connectivity index is 2.94. The van der Waals surface area contributed by atoms with Crippen molar-refractivity contribution >= 4 is 27.7 Å². The molecule has 0 atom stereocenters. The molecule has 0 unspecified atom stereocenters. The molecule has 0 amide bonds. The van der Waals surface area contributed by atoms with Crippen LogP contribution in [0.3, 0.4) is 0 Å². The maximum atomic E-state index is 9.50. The molecule has 0 saturated carbocycles. The summed E-state index contributed by atoms with van der Waals surface area (Å²) in [6, 6.07) is 10.7. The van der Waals surface area contributed by atoms with Gasteiger partial charge in [-0.1, -0.05) is 38.8 Å². The third-order valence-corrected chi connectivity index (χ3v) is 5.07. The molecule has 0 radical (unpaired) electrons. The van der Waals surface area contributed by atoms with Gasteiger partial charge in [0.05, 0.1) is 6.07 Å². The second-order valence-corrected chi connectivity index (χ2v) is 6.42. The highest BCUT2D eigenvalue weighted by molar-refractivity contribution is 9.10. The van der Waals surface area contributed by atoms with Gasteiger partial charge in [-0.2, -0.15) is 5.26 Å². The summed E-state index contributed by atoms with van der Waals surface area (Å²) < 4.78 is 0.810. The van der Waals surface area contributed by atoms with Gasteiger partial charge in [0, 0.05) is 9.37 Å². The fourth-order valence-corrected chi connectivity index (χ4v) is 3.83. The molecule has 1 aromatic rings. The smallest absolute Gasteiger partial charge is 0.107 e. The number of rotatable bonds is 6. The Kier molecular flexibility index (Phi) is 6.08. The topological polar surface area (TPSA) is 23.8 Å². The van der Waals surface area contributed by atoms with E-state index in [2.05, 4.69) is 41.9 Å². The van der Waals surface area contributed by atoms with Crippen molar-refractivity contribution in [2.75, 3.05) is 0 Å². The van der Waals surface area contributed by atoms with E-state index in [1.54, 1.807) is 11.8 Å². The van der Waals surface area contributed by atoms with Gasteiger partial charge in [0.15, 0.2) is 0 Å². The molecule has 0 fully saturated rings. The van der Waals surface area contributed by atoms with Crippen LogP contribution in [0.1, 0.15) is 39.5 Å². The van der Waals surface area contributed by atoms with E-state index in [-0.39, 0.29) is 4.75 Å². The second-order valence-electron chi connectivity index (χ2n) is 4.14. The lowest BCUT2D eigenvalue weighted by molar-refractivity contribution is 0.584. The van der Waals surface area contributed by atoms with Crippen LogP contribution in [0.15, 0.2) is 33.6 Å². The van der Waals surface area contributed by atoms with Gasteiger partial charge < -0.3 is 0 Å². The van der Waals surface area contributed by atoms with Gasteiger partial charge in [0.1, 0.15) is 4.75 Å². The summed E-state index contributed by atoms with van der Waals surface area (Å²) in [6.07, 6.45) is 3.99. The first-order valence-corrected chi connectivity index (χ1v) is 7.63. The van der Waals surface area contributed by atoms with E-state index in [1.807, 2.05) is 18.2 Å². The van der Waals surface area contributed by atoms with E-state index in [1.165, 1.54) is 0 Å². The van der Waals surface area contributed by atoms with Crippen LogP contribution >= 0.6 is 27.7 Å². The summed E-state index contributed by atoms with van der Waals surface area (Å²) in [5, 5.41) is 9.50. The van der Waals surface area contributed by atoms with Crippen molar-refractivity contribution in [3.05, 3.63) is 28.7 Å². The Morgan fingerprint density at radius 2 is 1.82 bits per heavy atom. The van der Waals surface area contributed by atoms with Gasteiger partial charge in [-0.15, -0.1) is 11.8 Å². The standard InChI is InChI=1S/C14H18BrNS/c1-3-9-14(11-16,10-4-2)17-13-8-6-5-7-12(13)15/h5-8H,3-4,9-10H2,1-2H3. The molecule has 17 heavy (non-hydrogen) atoms. The molecule has 0 spiro atoms. The Bertz CT molecular complexity index is 391. The van der Waals surface area contributed by atoms with E-state index >= 15 is 0 Å². The van der Waals surface area contributed by atoms with Crippen molar-refractivity contribution in [1.29, 1.82) is 5.26 Å². The summed E-state index contributed by atoms with van der Waals surface area (Å²) in [5.41, 5.74) is 0. The van der Waals surface area contributed by atoms with Crippen LogP contribution in [0.25, 0.3) is 0 Å². The first-order chi connectivity index (χ1) is 8.17. The van der Waals surface area contributed by atoms with Crippen molar-refractivity contribution in [3.63, 3.8) is 0 Å². The number of benzene rings is 1. The molecule has 0 bridgehead atoms. The van der Waals surface area contributed by atoms with Gasteiger partial charge in [-0.3, -0.25) is 0 Å². The molecule has 0 aliphatic rings. The number of thioether (sulfide) groups is 1. The lowest BCUT2D eigenvalue weighted by atomic mass is 9.99. The maximum absolute atomic E-state index is 9.50. The molecular weight excluding hydrogens is 294 g/mol. The summed E-state index contributed by atoms with van der Waals surface area (Å²) >= 11 is 5.25. The molecule has 0 heterocycles. The average molecular weight is 312 g/mol. The summed E-state index contributed by atoms with van der Waals surface area (Å²) in [6.45, 7) is 4.28. The monoisotopic (exact) mass is 311 g/mol. The zero-order chi connectivity index (χ0) is 12.7. The van der Waals surface area contributed by atoms with Crippen LogP contribution in [0.5, 0.6) is 0 Å². The summed E-state index contributed by atoms with van der Waals surface area (Å²) in [5.74, 6) is 0. The van der Waals surface area contributed by atoms with Crippen LogP contribution in [0.2, 0.25) is 0 Å².